The zero-order valence-corrected chi connectivity index (χ0v) is 13.7. The van der Waals surface area contributed by atoms with Crippen molar-refractivity contribution in [3.8, 4) is 0 Å². The maximum atomic E-state index is 4.44. The number of hydrogen-bond acceptors (Lipinski definition) is 6. The monoisotopic (exact) mass is 316 g/mol. The quantitative estimate of drug-likeness (QED) is 0.900. The lowest BCUT2D eigenvalue weighted by atomic mass is 10.2. The van der Waals surface area contributed by atoms with E-state index in [-0.39, 0.29) is 0 Å². The molecule has 1 saturated heterocycles. The van der Waals surface area contributed by atoms with Crippen LogP contribution in [0, 0.1) is 6.92 Å². The third-order valence-electron chi connectivity index (χ3n) is 4.79. The van der Waals surface area contributed by atoms with Crippen LogP contribution < -0.4 is 4.90 Å². The molecule has 1 fully saturated rings. The minimum atomic E-state index is 0.818. The molecule has 2 aromatic rings. The smallest absolute Gasteiger partial charge is 0.244 e. The van der Waals surface area contributed by atoms with Crippen LogP contribution in [0.15, 0.2) is 0 Å². The molecule has 0 saturated carbocycles. The normalized spacial score (nSPS) is 19.6. The highest BCUT2D eigenvalue weighted by Gasteiger charge is 2.22. The summed E-state index contributed by atoms with van der Waals surface area (Å²) in [5, 5.41) is 16.0. The first kappa shape index (κ1) is 14.6. The van der Waals surface area contributed by atoms with Gasteiger partial charge in [-0.2, -0.15) is 4.98 Å². The van der Waals surface area contributed by atoms with Gasteiger partial charge in [0.15, 0.2) is 0 Å². The van der Waals surface area contributed by atoms with Gasteiger partial charge >= 0.3 is 0 Å². The van der Waals surface area contributed by atoms with Gasteiger partial charge in [-0.15, -0.1) is 15.3 Å². The second-order valence-corrected chi connectivity index (χ2v) is 6.48. The molecule has 1 N–H and O–H groups in total. The lowest BCUT2D eigenvalue weighted by Gasteiger charge is -2.33. The summed E-state index contributed by atoms with van der Waals surface area (Å²) in [7, 11) is 0. The van der Waals surface area contributed by atoms with Crippen LogP contribution in [0.3, 0.4) is 0 Å². The average Bonchev–Trinajstić information content (AvgIpc) is 3.08. The van der Waals surface area contributed by atoms with Crippen LogP contribution in [0.4, 0.5) is 5.95 Å². The summed E-state index contributed by atoms with van der Waals surface area (Å²) < 4.78 is 2.35. The van der Waals surface area contributed by atoms with E-state index in [2.05, 4.69) is 39.7 Å². The van der Waals surface area contributed by atoms with E-state index in [1.165, 1.54) is 25.1 Å². The Morgan fingerprint density at radius 3 is 2.65 bits per heavy atom. The predicted molar refractivity (Wildman–Crippen MR) is 86.2 cm³/mol. The fourth-order valence-electron chi connectivity index (χ4n) is 3.44. The highest BCUT2D eigenvalue weighted by Crippen LogP contribution is 2.17. The molecule has 124 valence electrons. The first-order valence-electron chi connectivity index (χ1n) is 8.57. The number of anilines is 1. The number of nitrogens with one attached hydrogen (secondary N) is 1. The Morgan fingerprint density at radius 2 is 1.87 bits per heavy atom. The van der Waals surface area contributed by atoms with Crippen LogP contribution in [0.25, 0.3) is 0 Å². The van der Waals surface area contributed by atoms with Crippen LogP contribution in [-0.4, -0.2) is 61.0 Å². The summed E-state index contributed by atoms with van der Waals surface area (Å²) in [6, 6.07) is 0. The number of aromatic nitrogens is 6. The first-order chi connectivity index (χ1) is 11.3. The van der Waals surface area contributed by atoms with Gasteiger partial charge < -0.3 is 9.47 Å². The summed E-state index contributed by atoms with van der Waals surface area (Å²) in [5.74, 6) is 3.99. The minimum Gasteiger partial charge on any atom is -0.337 e. The van der Waals surface area contributed by atoms with Crippen molar-refractivity contribution in [2.75, 3.05) is 31.1 Å². The van der Waals surface area contributed by atoms with Gasteiger partial charge in [-0.05, 0) is 19.8 Å². The molecule has 0 atom stereocenters. The third kappa shape index (κ3) is 3.08. The van der Waals surface area contributed by atoms with E-state index in [0.717, 1.165) is 63.3 Å². The fraction of sp³-hybridized carbons (Fsp3) is 0.733. The number of fused-ring (bicyclic) bond motifs is 1. The van der Waals surface area contributed by atoms with Crippen LogP contribution in [-0.2, 0) is 19.5 Å². The SMILES string of the molecule is Cc1nc(N2CCN(Cc3nnc4n3CCCCC4)CC2)n[nH]1. The maximum Gasteiger partial charge on any atom is 0.244 e. The lowest BCUT2D eigenvalue weighted by molar-refractivity contribution is 0.239. The molecule has 2 aromatic heterocycles. The molecule has 8 heteroatoms. The van der Waals surface area contributed by atoms with E-state index in [1.807, 2.05) is 6.92 Å². The van der Waals surface area contributed by atoms with Gasteiger partial charge in [0.05, 0.1) is 6.54 Å². The second kappa shape index (κ2) is 6.27. The molecule has 0 radical (unpaired) electrons. The third-order valence-corrected chi connectivity index (χ3v) is 4.79. The first-order valence-corrected chi connectivity index (χ1v) is 8.57. The Kier molecular flexibility index (Phi) is 3.99. The van der Waals surface area contributed by atoms with E-state index in [1.54, 1.807) is 0 Å². The Bertz CT molecular complexity index is 652. The largest absolute Gasteiger partial charge is 0.337 e. The van der Waals surface area contributed by atoms with Crippen molar-refractivity contribution in [1.29, 1.82) is 0 Å². The van der Waals surface area contributed by atoms with Crippen molar-refractivity contribution >= 4 is 5.95 Å². The van der Waals surface area contributed by atoms with E-state index < -0.39 is 0 Å². The van der Waals surface area contributed by atoms with E-state index >= 15 is 0 Å². The maximum absolute atomic E-state index is 4.44. The molecule has 0 spiro atoms. The van der Waals surface area contributed by atoms with E-state index in [0.29, 0.717) is 0 Å². The summed E-state index contributed by atoms with van der Waals surface area (Å²) in [6.07, 6.45) is 4.87. The van der Waals surface area contributed by atoms with Gasteiger partial charge in [0.2, 0.25) is 5.95 Å². The van der Waals surface area contributed by atoms with Gasteiger partial charge in [-0.1, -0.05) is 6.42 Å². The average molecular weight is 316 g/mol. The zero-order chi connectivity index (χ0) is 15.6. The topological polar surface area (TPSA) is 78.8 Å². The summed E-state index contributed by atoms with van der Waals surface area (Å²) in [4.78, 5) is 9.11. The highest BCUT2D eigenvalue weighted by molar-refractivity contribution is 5.29. The summed E-state index contributed by atoms with van der Waals surface area (Å²) >= 11 is 0. The molecule has 4 heterocycles. The molecule has 23 heavy (non-hydrogen) atoms. The van der Waals surface area contributed by atoms with Crippen molar-refractivity contribution < 1.29 is 0 Å². The van der Waals surface area contributed by atoms with Crippen molar-refractivity contribution in [3.63, 3.8) is 0 Å². The molecular formula is C15H24N8. The van der Waals surface area contributed by atoms with Gasteiger partial charge in [0.25, 0.3) is 0 Å². The summed E-state index contributed by atoms with van der Waals surface area (Å²) in [5.41, 5.74) is 0. The second-order valence-electron chi connectivity index (χ2n) is 6.48. The molecule has 0 aromatic carbocycles. The highest BCUT2D eigenvalue weighted by atomic mass is 15.4. The van der Waals surface area contributed by atoms with Crippen LogP contribution in [0.5, 0.6) is 0 Å². The zero-order valence-electron chi connectivity index (χ0n) is 13.7. The van der Waals surface area contributed by atoms with Gasteiger partial charge in [-0.25, -0.2) is 0 Å². The molecule has 8 nitrogen and oxygen atoms in total. The van der Waals surface area contributed by atoms with Gasteiger partial charge in [-0.3, -0.25) is 10.00 Å². The lowest BCUT2D eigenvalue weighted by Crippen LogP contribution is -2.46. The van der Waals surface area contributed by atoms with E-state index in [4.69, 9.17) is 0 Å². The van der Waals surface area contributed by atoms with Crippen LogP contribution >= 0.6 is 0 Å². The van der Waals surface area contributed by atoms with Crippen molar-refractivity contribution in [1.82, 2.24) is 34.8 Å². The van der Waals surface area contributed by atoms with Crippen molar-refractivity contribution in [2.45, 2.75) is 45.7 Å². The van der Waals surface area contributed by atoms with Gasteiger partial charge in [0.1, 0.15) is 17.5 Å². The molecule has 2 aliphatic heterocycles. The predicted octanol–water partition coefficient (Wildman–Crippen LogP) is 0.753. The molecule has 0 unspecified atom stereocenters. The Morgan fingerprint density at radius 1 is 1.00 bits per heavy atom. The fourth-order valence-corrected chi connectivity index (χ4v) is 3.44. The standard InChI is InChI=1S/C15H24N8/c1-12-16-15(20-17-12)22-9-7-21(8-10-22)11-14-19-18-13-5-3-2-4-6-23(13)14/h2-11H2,1H3,(H,16,17,20). The number of rotatable bonds is 3. The Labute approximate surface area is 135 Å². The Hall–Kier alpha value is -1.96. The molecule has 0 bridgehead atoms. The number of piperazine rings is 1. The number of H-pyrrole nitrogens is 1. The van der Waals surface area contributed by atoms with E-state index in [9.17, 15) is 0 Å². The molecule has 0 amide bonds. The van der Waals surface area contributed by atoms with Crippen molar-refractivity contribution in [2.24, 2.45) is 0 Å². The minimum absolute atomic E-state index is 0.818. The number of aromatic amines is 1. The molecule has 4 rings (SSSR count). The number of nitrogens with zero attached hydrogens (tertiary/aromatic N) is 7. The summed E-state index contributed by atoms with van der Waals surface area (Å²) in [6.45, 7) is 7.84. The van der Waals surface area contributed by atoms with Crippen molar-refractivity contribution in [3.05, 3.63) is 17.5 Å². The molecule has 2 aliphatic rings. The van der Waals surface area contributed by atoms with Crippen LogP contribution in [0.2, 0.25) is 0 Å². The number of hydrogen-bond donors (Lipinski definition) is 1. The Balaban J connectivity index is 1.37. The number of aryl methyl sites for hydroxylation is 2. The van der Waals surface area contributed by atoms with Crippen LogP contribution in [0.1, 0.15) is 36.7 Å². The molecular weight excluding hydrogens is 292 g/mol. The molecule has 0 aliphatic carbocycles. The van der Waals surface area contributed by atoms with Gasteiger partial charge in [0, 0.05) is 39.1 Å².